The Balaban J connectivity index is 2.84. The monoisotopic (exact) mass is 223 g/mol. The molecule has 1 aromatic carbocycles. The van der Waals surface area contributed by atoms with Gasteiger partial charge in [0.2, 0.25) is 0 Å². The molecule has 0 fully saturated rings. The van der Waals surface area contributed by atoms with E-state index in [9.17, 15) is 4.79 Å². The minimum absolute atomic E-state index is 0.139. The molecule has 0 aliphatic rings. The lowest BCUT2D eigenvalue weighted by molar-refractivity contribution is 0.0378. The van der Waals surface area contributed by atoms with Crippen molar-refractivity contribution in [3.05, 3.63) is 23.8 Å². The maximum Gasteiger partial charge on any atom is 0.338 e. The summed E-state index contributed by atoms with van der Waals surface area (Å²) in [6.07, 6.45) is -0.139. The summed E-state index contributed by atoms with van der Waals surface area (Å²) in [6, 6.07) is 4.89. The normalized spacial score (nSPS) is 10.2. The van der Waals surface area contributed by atoms with Gasteiger partial charge in [-0.2, -0.15) is 0 Å². The Morgan fingerprint density at radius 2 is 2.12 bits per heavy atom. The molecule has 0 bridgehead atoms. The molecule has 0 heterocycles. The van der Waals surface area contributed by atoms with Crippen molar-refractivity contribution in [2.45, 2.75) is 26.9 Å². The SMILES string of the molecule is CCOc1ccc(C(=O)OC(C)C)cc1N. The molecule has 0 aromatic heterocycles. The molecule has 0 atom stereocenters. The molecule has 0 saturated carbocycles. The largest absolute Gasteiger partial charge is 0.492 e. The number of hydrogen-bond donors (Lipinski definition) is 1. The molecule has 1 rings (SSSR count). The van der Waals surface area contributed by atoms with Crippen molar-refractivity contribution in [2.75, 3.05) is 12.3 Å². The third-order valence-electron chi connectivity index (χ3n) is 1.89. The van der Waals surface area contributed by atoms with Gasteiger partial charge in [-0.1, -0.05) is 0 Å². The van der Waals surface area contributed by atoms with Gasteiger partial charge in [0, 0.05) is 0 Å². The summed E-state index contributed by atoms with van der Waals surface area (Å²) in [5.74, 6) is 0.216. The van der Waals surface area contributed by atoms with Crippen LogP contribution in [-0.2, 0) is 4.74 Å². The van der Waals surface area contributed by atoms with Gasteiger partial charge in [0.1, 0.15) is 5.75 Å². The van der Waals surface area contributed by atoms with Crippen molar-refractivity contribution < 1.29 is 14.3 Å². The van der Waals surface area contributed by atoms with Crippen LogP contribution in [0.3, 0.4) is 0 Å². The highest BCUT2D eigenvalue weighted by Crippen LogP contribution is 2.22. The van der Waals surface area contributed by atoms with Crippen LogP contribution in [0.5, 0.6) is 5.75 Å². The molecular formula is C12H17NO3. The average molecular weight is 223 g/mol. The number of ether oxygens (including phenoxy) is 2. The van der Waals surface area contributed by atoms with E-state index in [0.717, 1.165) is 0 Å². The van der Waals surface area contributed by atoms with Crippen molar-refractivity contribution in [3.8, 4) is 5.75 Å². The molecule has 1 aromatic rings. The van der Waals surface area contributed by atoms with Crippen LogP contribution < -0.4 is 10.5 Å². The molecule has 0 saturated heterocycles. The van der Waals surface area contributed by atoms with E-state index in [1.165, 1.54) is 0 Å². The molecule has 4 nitrogen and oxygen atoms in total. The van der Waals surface area contributed by atoms with Gasteiger partial charge < -0.3 is 15.2 Å². The highest BCUT2D eigenvalue weighted by Gasteiger charge is 2.11. The second-order valence-electron chi connectivity index (χ2n) is 3.64. The maximum atomic E-state index is 11.6. The lowest BCUT2D eigenvalue weighted by Gasteiger charge is -2.10. The van der Waals surface area contributed by atoms with Crippen LogP contribution in [0.25, 0.3) is 0 Å². The number of carbonyl (C=O) groups is 1. The number of benzene rings is 1. The van der Waals surface area contributed by atoms with Crippen LogP contribution in [-0.4, -0.2) is 18.7 Å². The second-order valence-corrected chi connectivity index (χ2v) is 3.64. The zero-order valence-corrected chi connectivity index (χ0v) is 9.82. The number of nitrogens with two attached hydrogens (primary N) is 1. The number of anilines is 1. The van der Waals surface area contributed by atoms with Gasteiger partial charge in [0.25, 0.3) is 0 Å². The Labute approximate surface area is 95.3 Å². The van der Waals surface area contributed by atoms with E-state index < -0.39 is 0 Å². The summed E-state index contributed by atoms with van der Waals surface area (Å²) in [5, 5.41) is 0. The van der Waals surface area contributed by atoms with Gasteiger partial charge in [0.15, 0.2) is 0 Å². The molecule has 0 aliphatic carbocycles. The molecule has 0 spiro atoms. The van der Waals surface area contributed by atoms with Crippen molar-refractivity contribution in [1.29, 1.82) is 0 Å². The van der Waals surface area contributed by atoms with Crippen molar-refractivity contribution >= 4 is 11.7 Å². The number of rotatable bonds is 4. The van der Waals surface area contributed by atoms with Crippen LogP contribution in [0, 0.1) is 0 Å². The van der Waals surface area contributed by atoms with Gasteiger partial charge in [-0.05, 0) is 39.0 Å². The summed E-state index contributed by atoms with van der Waals surface area (Å²) >= 11 is 0. The zero-order chi connectivity index (χ0) is 12.1. The third-order valence-corrected chi connectivity index (χ3v) is 1.89. The van der Waals surface area contributed by atoms with E-state index in [-0.39, 0.29) is 12.1 Å². The minimum Gasteiger partial charge on any atom is -0.492 e. The van der Waals surface area contributed by atoms with Gasteiger partial charge in [-0.25, -0.2) is 4.79 Å². The number of esters is 1. The fraction of sp³-hybridized carbons (Fsp3) is 0.417. The highest BCUT2D eigenvalue weighted by molar-refractivity contribution is 5.91. The lowest BCUT2D eigenvalue weighted by Crippen LogP contribution is -2.12. The Hall–Kier alpha value is -1.71. The molecular weight excluding hydrogens is 206 g/mol. The maximum absolute atomic E-state index is 11.6. The molecule has 0 radical (unpaired) electrons. The summed E-state index contributed by atoms with van der Waals surface area (Å²) in [7, 11) is 0. The number of carbonyl (C=O) groups excluding carboxylic acids is 1. The summed E-state index contributed by atoms with van der Waals surface area (Å²) in [4.78, 5) is 11.6. The van der Waals surface area contributed by atoms with Crippen LogP contribution in [0.4, 0.5) is 5.69 Å². The fourth-order valence-corrected chi connectivity index (χ4v) is 1.24. The predicted molar refractivity (Wildman–Crippen MR) is 62.6 cm³/mol. The highest BCUT2D eigenvalue weighted by atomic mass is 16.5. The van der Waals surface area contributed by atoms with Gasteiger partial charge in [-0.15, -0.1) is 0 Å². The number of nitrogen functional groups attached to an aromatic ring is 1. The first-order valence-corrected chi connectivity index (χ1v) is 5.28. The first kappa shape index (κ1) is 12.4. The second kappa shape index (κ2) is 5.39. The van der Waals surface area contributed by atoms with Crippen molar-refractivity contribution in [2.24, 2.45) is 0 Å². The molecule has 0 unspecified atom stereocenters. The van der Waals surface area contributed by atoms with E-state index in [4.69, 9.17) is 15.2 Å². The molecule has 2 N–H and O–H groups in total. The Kier molecular flexibility index (Phi) is 4.17. The molecule has 88 valence electrons. The van der Waals surface area contributed by atoms with Crippen LogP contribution in [0.2, 0.25) is 0 Å². The molecule has 4 heteroatoms. The predicted octanol–water partition coefficient (Wildman–Crippen LogP) is 2.23. The summed E-state index contributed by atoms with van der Waals surface area (Å²) in [6.45, 7) is 6.02. The zero-order valence-electron chi connectivity index (χ0n) is 9.82. The quantitative estimate of drug-likeness (QED) is 0.628. The van der Waals surface area contributed by atoms with Crippen LogP contribution in [0.1, 0.15) is 31.1 Å². The Bertz CT molecular complexity index is 375. The van der Waals surface area contributed by atoms with Crippen LogP contribution >= 0.6 is 0 Å². The lowest BCUT2D eigenvalue weighted by atomic mass is 10.2. The van der Waals surface area contributed by atoms with E-state index in [1.54, 1.807) is 32.0 Å². The van der Waals surface area contributed by atoms with Crippen LogP contribution in [0.15, 0.2) is 18.2 Å². The van der Waals surface area contributed by atoms with Crippen molar-refractivity contribution in [3.63, 3.8) is 0 Å². The molecule has 0 amide bonds. The number of hydrogen-bond acceptors (Lipinski definition) is 4. The third kappa shape index (κ3) is 3.15. The minimum atomic E-state index is -0.371. The standard InChI is InChI=1S/C12H17NO3/c1-4-15-11-6-5-9(7-10(11)13)12(14)16-8(2)3/h5-8H,4,13H2,1-3H3. The Morgan fingerprint density at radius 1 is 1.44 bits per heavy atom. The topological polar surface area (TPSA) is 61.5 Å². The van der Waals surface area contributed by atoms with E-state index in [0.29, 0.717) is 23.6 Å². The average Bonchev–Trinajstić information content (AvgIpc) is 2.20. The first-order chi connectivity index (χ1) is 7.54. The summed E-state index contributed by atoms with van der Waals surface area (Å²) < 4.78 is 10.3. The van der Waals surface area contributed by atoms with E-state index in [2.05, 4.69) is 0 Å². The van der Waals surface area contributed by atoms with Gasteiger partial charge in [0.05, 0.1) is 24.0 Å². The van der Waals surface area contributed by atoms with E-state index >= 15 is 0 Å². The molecule has 0 aliphatic heterocycles. The Morgan fingerprint density at radius 3 is 2.62 bits per heavy atom. The smallest absolute Gasteiger partial charge is 0.338 e. The first-order valence-electron chi connectivity index (χ1n) is 5.28. The van der Waals surface area contributed by atoms with Crippen molar-refractivity contribution in [1.82, 2.24) is 0 Å². The van der Waals surface area contributed by atoms with E-state index in [1.807, 2.05) is 6.92 Å². The molecule has 16 heavy (non-hydrogen) atoms. The summed E-state index contributed by atoms with van der Waals surface area (Å²) in [5.41, 5.74) is 6.63. The van der Waals surface area contributed by atoms with Gasteiger partial charge >= 0.3 is 5.97 Å². The van der Waals surface area contributed by atoms with Gasteiger partial charge in [-0.3, -0.25) is 0 Å². The fourth-order valence-electron chi connectivity index (χ4n) is 1.24.